The topological polar surface area (TPSA) is 276 Å². The number of unbranched alkanes of at least 4 members (excludes halogenated alkanes) is 5. The Balaban J connectivity index is 1.61. The summed E-state index contributed by atoms with van der Waals surface area (Å²) in [7, 11) is 0. The Bertz CT molecular complexity index is 2140. The molecular weight excluding hydrogens is 1120 g/mol. The van der Waals surface area contributed by atoms with Crippen LogP contribution < -0.4 is 0 Å². The fourth-order valence-corrected chi connectivity index (χ4v) is 12.1. The lowest BCUT2D eigenvalue weighted by Gasteiger charge is -2.52. The monoisotopic (exact) mass is 1220 g/mol. The van der Waals surface area contributed by atoms with Crippen LogP contribution in [-0.4, -0.2) is 179 Å². The van der Waals surface area contributed by atoms with Gasteiger partial charge in [-0.3, -0.25) is 33.6 Å². The van der Waals surface area contributed by atoms with E-state index in [1.54, 1.807) is 20.8 Å². The SMILES string of the molecule is CCCCCCCCO[C@H]1OC(CC)[C@@H](C)[C@H](C)C1O[C@H]1OC(COC(C)=O)[C@@H](C)[C@H](O[C@H]2OC(COC(C)=O)[C@@H](C)[C@H](O[C@H]3OC(COC(C)=O)[C@@H](C)[C@H](O[C@H]4OC(CC)[C@@H](C)[C@H](C)C4OC(C)=O)C3OC(C)=O)C2OC(C)=O)C1OC(C)=O. The maximum atomic E-state index is 13.5. The number of ether oxygens (including phenoxy) is 17. The molecule has 0 saturated carbocycles. The second kappa shape index (κ2) is 34.0. The number of hydrogen-bond acceptors (Lipinski definition) is 24. The summed E-state index contributed by atoms with van der Waals surface area (Å²) in [5.41, 5.74) is 0. The van der Waals surface area contributed by atoms with Gasteiger partial charge >= 0.3 is 41.8 Å². The molecule has 0 aromatic carbocycles. The molecule has 0 amide bonds. The molecular formula is C61H100O24. The van der Waals surface area contributed by atoms with Crippen molar-refractivity contribution in [2.24, 2.45) is 41.4 Å². The van der Waals surface area contributed by atoms with Crippen molar-refractivity contribution in [3.05, 3.63) is 0 Å². The summed E-state index contributed by atoms with van der Waals surface area (Å²) in [4.78, 5) is 90.2. The first-order chi connectivity index (χ1) is 40.2. The van der Waals surface area contributed by atoms with E-state index in [4.69, 9.17) is 80.5 Å². The Morgan fingerprint density at radius 1 is 0.306 bits per heavy atom. The van der Waals surface area contributed by atoms with Crippen LogP contribution in [0.5, 0.6) is 0 Å². The molecule has 0 N–H and O–H groups in total. The van der Waals surface area contributed by atoms with Crippen molar-refractivity contribution in [3.63, 3.8) is 0 Å². The van der Waals surface area contributed by atoms with Crippen LogP contribution in [0.15, 0.2) is 0 Å². The van der Waals surface area contributed by atoms with E-state index >= 15 is 0 Å². The van der Waals surface area contributed by atoms with Gasteiger partial charge in [0.1, 0.15) is 62.5 Å². The first-order valence-corrected chi connectivity index (χ1v) is 30.8. The Morgan fingerprint density at radius 3 is 0.941 bits per heavy atom. The number of carbonyl (C=O) groups is 7. The van der Waals surface area contributed by atoms with Gasteiger partial charge in [-0.1, -0.05) is 101 Å². The van der Waals surface area contributed by atoms with Crippen LogP contribution in [0.25, 0.3) is 0 Å². The summed E-state index contributed by atoms with van der Waals surface area (Å²) >= 11 is 0. The lowest BCUT2D eigenvalue weighted by Crippen LogP contribution is -2.66. The van der Waals surface area contributed by atoms with E-state index in [1.165, 1.54) is 48.5 Å². The van der Waals surface area contributed by atoms with Crippen LogP contribution in [0.3, 0.4) is 0 Å². The smallest absolute Gasteiger partial charge is 0.303 e. The van der Waals surface area contributed by atoms with Crippen molar-refractivity contribution in [2.45, 2.75) is 280 Å². The second-order valence-electron chi connectivity index (χ2n) is 23.8. The van der Waals surface area contributed by atoms with Crippen LogP contribution in [0.4, 0.5) is 0 Å². The molecule has 85 heavy (non-hydrogen) atoms. The van der Waals surface area contributed by atoms with Crippen molar-refractivity contribution in [2.75, 3.05) is 26.4 Å². The Morgan fingerprint density at radius 2 is 0.600 bits per heavy atom. The molecule has 5 aliphatic rings. The fourth-order valence-electron chi connectivity index (χ4n) is 12.1. The van der Waals surface area contributed by atoms with Crippen molar-refractivity contribution >= 4 is 41.8 Å². The van der Waals surface area contributed by atoms with Gasteiger partial charge in [0.05, 0.1) is 12.2 Å². The van der Waals surface area contributed by atoms with Gasteiger partial charge < -0.3 is 80.5 Å². The van der Waals surface area contributed by atoms with Gasteiger partial charge in [0.25, 0.3) is 0 Å². The lowest BCUT2D eigenvalue weighted by molar-refractivity contribution is -0.386. The molecule has 5 fully saturated rings. The van der Waals surface area contributed by atoms with Gasteiger partial charge in [0.15, 0.2) is 55.9 Å². The molecule has 0 aromatic rings. The summed E-state index contributed by atoms with van der Waals surface area (Å²) in [5, 5.41) is 0. The van der Waals surface area contributed by atoms with E-state index in [2.05, 4.69) is 13.8 Å². The van der Waals surface area contributed by atoms with Crippen LogP contribution in [0.2, 0.25) is 0 Å². The van der Waals surface area contributed by atoms with E-state index in [1.807, 2.05) is 34.6 Å². The standard InChI is InChI=1S/C61H100O24/c1-18-21-22-23-24-25-26-69-57-52(32(6)30(4)44(19-2)77-57)85-61-56(76-43(17)68)51(36(10)48(81-61)29-72-39(13)64)84-60-55(75-42(16)67)50(35(9)47(80-60)28-71-38(12)63)83-59-54(74-41(15)66)49(34(8)46(79-59)27-70-37(11)62)82-58-53(73-40(14)65)33(7)31(5)45(20-3)78-58/h30-36,44-61H,18-29H2,1-17H3/t30-,31-,32-,33-,34+,35+,36+,44?,45?,46?,47?,48?,49-,50-,51-,52?,53?,54?,55?,56?,57-,58+,59+,60+,61+/m0/s1. The zero-order chi connectivity index (χ0) is 63.0. The van der Waals surface area contributed by atoms with E-state index in [0.717, 1.165) is 38.5 Å². The summed E-state index contributed by atoms with van der Waals surface area (Å²) in [6.07, 6.45) is -12.7. The van der Waals surface area contributed by atoms with Crippen LogP contribution in [0, 0.1) is 41.4 Å². The molecule has 5 saturated heterocycles. The molecule has 24 nitrogen and oxygen atoms in total. The van der Waals surface area contributed by atoms with Crippen molar-refractivity contribution < 1.29 is 114 Å². The van der Waals surface area contributed by atoms with E-state index < -0.39 is 158 Å². The van der Waals surface area contributed by atoms with Crippen molar-refractivity contribution in [3.8, 4) is 0 Å². The highest BCUT2D eigenvalue weighted by atomic mass is 16.8. The first-order valence-electron chi connectivity index (χ1n) is 30.8. The van der Waals surface area contributed by atoms with Crippen molar-refractivity contribution in [1.82, 2.24) is 0 Å². The van der Waals surface area contributed by atoms with Gasteiger partial charge in [-0.15, -0.1) is 0 Å². The summed E-state index contributed by atoms with van der Waals surface area (Å²) in [5.74, 6) is -7.73. The zero-order valence-corrected chi connectivity index (χ0v) is 53.2. The molecule has 0 bridgehead atoms. The second-order valence-corrected chi connectivity index (χ2v) is 23.8. The molecule has 25 atom stereocenters. The maximum Gasteiger partial charge on any atom is 0.303 e. The molecule has 10 unspecified atom stereocenters. The Kier molecular flexibility index (Phi) is 28.7. The molecule has 5 rings (SSSR count). The maximum absolute atomic E-state index is 13.5. The van der Waals surface area contributed by atoms with E-state index in [0.29, 0.717) is 19.4 Å². The summed E-state index contributed by atoms with van der Waals surface area (Å²) in [6.45, 7) is 27.3. The number of carbonyl (C=O) groups excluding carboxylic acids is 7. The number of rotatable bonds is 28. The fraction of sp³-hybridized carbons (Fsp3) is 0.885. The quantitative estimate of drug-likeness (QED) is 0.0425. The predicted octanol–water partition coefficient (Wildman–Crippen LogP) is 7.22. The highest BCUT2D eigenvalue weighted by Gasteiger charge is 2.58. The predicted molar refractivity (Wildman–Crippen MR) is 299 cm³/mol. The average Bonchev–Trinajstić information content (AvgIpc) is 2.30. The zero-order valence-electron chi connectivity index (χ0n) is 53.2. The third kappa shape index (κ3) is 19.9. The normalized spacial score (nSPS) is 38.5. The van der Waals surface area contributed by atoms with Crippen LogP contribution in [0.1, 0.15) is 169 Å². The third-order valence-corrected chi connectivity index (χ3v) is 17.3. The minimum atomic E-state index is -1.66. The molecule has 5 aliphatic heterocycles. The first kappa shape index (κ1) is 71.6. The van der Waals surface area contributed by atoms with E-state index in [9.17, 15) is 33.6 Å². The molecule has 0 aliphatic carbocycles. The Labute approximate surface area is 502 Å². The van der Waals surface area contributed by atoms with Gasteiger partial charge in [-0.05, 0) is 37.0 Å². The molecule has 488 valence electrons. The number of hydrogen-bond donors (Lipinski definition) is 0. The minimum absolute atomic E-state index is 0.0227. The molecule has 0 spiro atoms. The lowest BCUT2D eigenvalue weighted by atomic mass is 9.82. The van der Waals surface area contributed by atoms with Gasteiger partial charge in [0.2, 0.25) is 0 Å². The third-order valence-electron chi connectivity index (χ3n) is 17.3. The summed E-state index contributed by atoms with van der Waals surface area (Å²) in [6, 6.07) is 0. The molecule has 24 heteroatoms. The molecule has 0 aromatic heterocycles. The minimum Gasteiger partial charge on any atom is -0.463 e. The van der Waals surface area contributed by atoms with Crippen molar-refractivity contribution in [1.29, 1.82) is 0 Å². The van der Waals surface area contributed by atoms with Gasteiger partial charge in [0, 0.05) is 78.7 Å². The van der Waals surface area contributed by atoms with Gasteiger partial charge in [-0.2, -0.15) is 0 Å². The van der Waals surface area contributed by atoms with Crippen LogP contribution >= 0.6 is 0 Å². The number of esters is 7. The van der Waals surface area contributed by atoms with Crippen LogP contribution in [-0.2, 0) is 114 Å². The highest BCUT2D eigenvalue weighted by molar-refractivity contribution is 5.68. The van der Waals surface area contributed by atoms with E-state index in [-0.39, 0.29) is 55.7 Å². The van der Waals surface area contributed by atoms with Gasteiger partial charge in [-0.25, -0.2) is 0 Å². The largest absolute Gasteiger partial charge is 0.463 e. The average molecular weight is 1220 g/mol. The molecule has 0 radical (unpaired) electrons. The highest BCUT2D eigenvalue weighted by Crippen LogP contribution is 2.44. The Hall–Kier alpha value is -4.11. The summed E-state index contributed by atoms with van der Waals surface area (Å²) < 4.78 is 108. The molecule has 5 heterocycles.